The minimum atomic E-state index is -1.05. The van der Waals surface area contributed by atoms with E-state index in [1.807, 2.05) is 101 Å². The summed E-state index contributed by atoms with van der Waals surface area (Å²) in [5, 5.41) is 23.4. The maximum Gasteiger partial charge on any atom is 0.407 e. The number of nitrogens with one attached hydrogen (secondary N) is 3. The number of benzene rings is 2. The van der Waals surface area contributed by atoms with Crippen LogP contribution in [0.4, 0.5) is 9.59 Å². The van der Waals surface area contributed by atoms with E-state index < -0.39 is 36.4 Å². The number of nitrogens with zero attached hydrogens (tertiary/aromatic N) is 3. The Morgan fingerprint density at radius 2 is 1.56 bits per heavy atom. The number of carbonyl (C=O) groups excluding carboxylic acids is 3. The highest BCUT2D eigenvalue weighted by atomic mass is 32.1. The van der Waals surface area contributed by atoms with Crippen LogP contribution in [0.5, 0.6) is 0 Å². The van der Waals surface area contributed by atoms with E-state index in [2.05, 4.69) is 20.9 Å². The number of hydrogen-bond donors (Lipinski definition) is 4. The molecule has 4 rings (SSSR count). The van der Waals surface area contributed by atoms with Gasteiger partial charge in [0.2, 0.25) is 5.91 Å². The molecule has 2 heterocycles. The quantitative estimate of drug-likeness (QED) is 0.0954. The molecule has 11 nitrogen and oxygen atoms in total. The number of alkyl carbamates (subject to hydrolysis) is 1. The van der Waals surface area contributed by atoms with Gasteiger partial charge in [0.1, 0.15) is 17.7 Å². The molecule has 13 heteroatoms. The molecule has 0 radical (unpaired) electrons. The number of ether oxygens (including phenoxy) is 1. The molecular weight excluding hydrogens is 697 g/mol. The Balaban J connectivity index is 1.46. The second kappa shape index (κ2) is 19.9. The standard InChI is InChI=1S/C39H50N6O5S2/c1-25(2)27(5)37-42-31(23-51-37)21-45(6)38(48)44-35(26(3)4)36(47)41-30(17-28-13-9-7-10-14-28)19-34(46)33(18-29-15-11-8-12-16-29)43-39(49)50-22-32-20-40-24-52-32/h7-16,20,23-24,26,30,33-35,46H,17-19,21-22H2,1-6H3,(H,41,47)(H,43,49)(H,44,48)/t30-,33-,34-,35-/m0/s1. The highest BCUT2D eigenvalue weighted by Crippen LogP contribution is 2.23. The Kier molecular flexibility index (Phi) is 15.4. The Labute approximate surface area is 314 Å². The maximum atomic E-state index is 13.9. The number of carbonyl (C=O) groups is 3. The molecule has 0 unspecified atom stereocenters. The van der Waals surface area contributed by atoms with Crippen molar-refractivity contribution in [1.82, 2.24) is 30.8 Å². The molecule has 0 fully saturated rings. The van der Waals surface area contributed by atoms with Gasteiger partial charge in [-0.2, -0.15) is 0 Å². The van der Waals surface area contributed by atoms with Crippen LogP contribution >= 0.6 is 22.7 Å². The van der Waals surface area contributed by atoms with Gasteiger partial charge in [0.25, 0.3) is 0 Å². The number of thiazole rings is 2. The molecule has 0 saturated carbocycles. The number of allylic oxidation sites excluding steroid dienone is 2. The first-order valence-electron chi connectivity index (χ1n) is 17.4. The van der Waals surface area contributed by atoms with Crippen molar-refractivity contribution in [2.45, 2.75) is 91.3 Å². The first-order valence-corrected chi connectivity index (χ1v) is 19.1. The summed E-state index contributed by atoms with van der Waals surface area (Å²) in [6.45, 7) is 10.2. The molecule has 0 aliphatic rings. The van der Waals surface area contributed by atoms with E-state index in [9.17, 15) is 19.5 Å². The Morgan fingerprint density at radius 3 is 2.15 bits per heavy atom. The fraction of sp³-hybridized carbons (Fsp3) is 0.410. The van der Waals surface area contributed by atoms with Gasteiger partial charge in [0, 0.05) is 24.7 Å². The third kappa shape index (κ3) is 12.6. The predicted molar refractivity (Wildman–Crippen MR) is 207 cm³/mol. The monoisotopic (exact) mass is 746 g/mol. The van der Waals surface area contributed by atoms with Crippen molar-refractivity contribution in [1.29, 1.82) is 0 Å². The number of hydrogen-bond acceptors (Lipinski definition) is 9. The molecule has 2 aromatic heterocycles. The van der Waals surface area contributed by atoms with Crippen molar-refractivity contribution in [3.05, 3.63) is 110 Å². The van der Waals surface area contributed by atoms with Crippen molar-refractivity contribution in [2.75, 3.05) is 7.05 Å². The first kappa shape index (κ1) is 40.2. The Hall–Kier alpha value is -4.59. The van der Waals surface area contributed by atoms with Crippen molar-refractivity contribution in [3.63, 3.8) is 0 Å². The van der Waals surface area contributed by atoms with Crippen LogP contribution in [0.25, 0.3) is 5.57 Å². The van der Waals surface area contributed by atoms with Crippen LogP contribution in [-0.4, -0.2) is 69.3 Å². The summed E-state index contributed by atoms with van der Waals surface area (Å²) in [4.78, 5) is 51.2. The van der Waals surface area contributed by atoms with E-state index in [0.29, 0.717) is 12.8 Å². The second-order valence-electron chi connectivity index (χ2n) is 13.5. The van der Waals surface area contributed by atoms with Crippen molar-refractivity contribution < 1.29 is 24.2 Å². The van der Waals surface area contributed by atoms with Gasteiger partial charge in [0.15, 0.2) is 0 Å². The lowest BCUT2D eigenvalue weighted by molar-refractivity contribution is -0.124. The van der Waals surface area contributed by atoms with Gasteiger partial charge in [-0.3, -0.25) is 9.78 Å². The lowest BCUT2D eigenvalue weighted by atomic mass is 9.93. The van der Waals surface area contributed by atoms with Gasteiger partial charge < -0.3 is 30.7 Å². The number of aromatic nitrogens is 2. The van der Waals surface area contributed by atoms with Crippen molar-refractivity contribution >= 4 is 46.3 Å². The van der Waals surface area contributed by atoms with E-state index in [1.165, 1.54) is 33.1 Å². The average molecular weight is 747 g/mol. The molecule has 278 valence electrons. The van der Waals surface area contributed by atoms with E-state index in [-0.39, 0.29) is 31.4 Å². The maximum absolute atomic E-state index is 13.9. The normalized spacial score (nSPS) is 13.4. The molecule has 0 aliphatic carbocycles. The van der Waals surface area contributed by atoms with Crippen LogP contribution in [0.1, 0.15) is 67.7 Å². The smallest absolute Gasteiger partial charge is 0.407 e. The van der Waals surface area contributed by atoms with Gasteiger partial charge in [-0.1, -0.05) is 80.1 Å². The molecule has 4 N–H and O–H groups in total. The first-order chi connectivity index (χ1) is 24.9. The highest BCUT2D eigenvalue weighted by Gasteiger charge is 2.31. The van der Waals surface area contributed by atoms with Crippen LogP contribution in [0.15, 0.2) is 83.3 Å². The van der Waals surface area contributed by atoms with Crippen molar-refractivity contribution in [2.24, 2.45) is 5.92 Å². The molecule has 4 aromatic rings. The number of urea groups is 1. The minimum Gasteiger partial charge on any atom is -0.444 e. The van der Waals surface area contributed by atoms with Gasteiger partial charge in [-0.15, -0.1) is 22.7 Å². The molecule has 52 heavy (non-hydrogen) atoms. The zero-order valence-electron chi connectivity index (χ0n) is 30.7. The predicted octanol–water partition coefficient (Wildman–Crippen LogP) is 6.60. The van der Waals surface area contributed by atoms with Crippen LogP contribution in [0, 0.1) is 5.92 Å². The molecule has 0 bridgehead atoms. The lowest BCUT2D eigenvalue weighted by Crippen LogP contribution is -2.55. The zero-order valence-corrected chi connectivity index (χ0v) is 32.3. The van der Waals surface area contributed by atoms with Gasteiger partial charge in [0.05, 0.1) is 34.8 Å². The van der Waals surface area contributed by atoms with Gasteiger partial charge >= 0.3 is 12.1 Å². The third-order valence-corrected chi connectivity index (χ3v) is 10.5. The molecule has 0 aliphatic heterocycles. The molecule has 0 spiro atoms. The number of aliphatic hydroxyl groups excluding tert-OH is 1. The molecule has 4 amide bonds. The number of rotatable bonds is 17. The second-order valence-corrected chi connectivity index (χ2v) is 15.3. The lowest BCUT2D eigenvalue weighted by Gasteiger charge is -2.30. The average Bonchev–Trinajstić information content (AvgIpc) is 3.82. The zero-order chi connectivity index (χ0) is 37.6. The Bertz CT molecular complexity index is 1740. The molecule has 4 atom stereocenters. The van der Waals surface area contributed by atoms with Gasteiger partial charge in [-0.05, 0) is 62.7 Å². The summed E-state index contributed by atoms with van der Waals surface area (Å²) < 4.78 is 5.43. The molecule has 2 aromatic carbocycles. The van der Waals surface area contributed by atoms with Crippen LogP contribution in [0.3, 0.4) is 0 Å². The van der Waals surface area contributed by atoms with Crippen molar-refractivity contribution in [3.8, 4) is 0 Å². The summed E-state index contributed by atoms with van der Waals surface area (Å²) in [5.41, 5.74) is 6.62. The summed E-state index contributed by atoms with van der Waals surface area (Å²) in [5.74, 6) is -0.594. The largest absolute Gasteiger partial charge is 0.444 e. The summed E-state index contributed by atoms with van der Waals surface area (Å²) in [6.07, 6.45) is 0.816. The van der Waals surface area contributed by atoms with E-state index in [0.717, 1.165) is 32.3 Å². The van der Waals surface area contributed by atoms with Crippen LogP contribution in [-0.2, 0) is 35.5 Å². The fourth-order valence-corrected chi connectivity index (χ4v) is 6.92. The van der Waals surface area contributed by atoms with Crippen LogP contribution in [0.2, 0.25) is 0 Å². The summed E-state index contributed by atoms with van der Waals surface area (Å²) >= 11 is 2.92. The van der Waals surface area contributed by atoms with Crippen LogP contribution < -0.4 is 16.0 Å². The SMILES string of the molecule is CC(C)=C(C)c1nc(CN(C)C(=O)N[C@H](C(=O)N[C@@H](Cc2ccccc2)C[C@H](O)[C@H](Cc2ccccc2)NC(=O)OCc2cncs2)C(C)C)cs1. The fourth-order valence-electron chi connectivity index (χ4n) is 5.49. The van der Waals surface area contributed by atoms with E-state index in [4.69, 9.17) is 9.72 Å². The Morgan fingerprint density at radius 1 is 0.904 bits per heavy atom. The minimum absolute atomic E-state index is 0.0647. The summed E-state index contributed by atoms with van der Waals surface area (Å²) in [7, 11) is 1.67. The van der Waals surface area contributed by atoms with Gasteiger partial charge in [-0.25, -0.2) is 14.6 Å². The topological polar surface area (TPSA) is 146 Å². The van der Waals surface area contributed by atoms with E-state index in [1.54, 1.807) is 18.8 Å². The van der Waals surface area contributed by atoms with E-state index >= 15 is 0 Å². The highest BCUT2D eigenvalue weighted by molar-refractivity contribution is 7.10. The summed E-state index contributed by atoms with van der Waals surface area (Å²) in [6, 6.07) is 16.8. The number of aliphatic hydroxyl groups is 1. The number of amides is 4. The third-order valence-electron chi connectivity index (χ3n) is 8.69. The molecular formula is C39H50N6O5S2. The molecule has 0 saturated heterocycles.